The molecule has 0 atom stereocenters. The molecule has 0 aliphatic carbocycles. The van der Waals surface area contributed by atoms with Gasteiger partial charge in [0.05, 0.1) is 31.9 Å². The molecule has 0 unspecified atom stereocenters. The molecule has 1 amide bonds. The Labute approximate surface area is 185 Å². The van der Waals surface area contributed by atoms with E-state index < -0.39 is 0 Å². The van der Waals surface area contributed by atoms with Gasteiger partial charge in [0.15, 0.2) is 0 Å². The summed E-state index contributed by atoms with van der Waals surface area (Å²) in [6, 6.07) is 14.9. The number of carbonyl (C=O) groups excluding carboxylic acids is 1. The minimum atomic E-state index is -0.293. The number of anilines is 1. The van der Waals surface area contributed by atoms with Crippen molar-refractivity contribution in [2.24, 2.45) is 0 Å². The SMILES string of the molecule is COc1ccc(OC)c(CC(=O)Nc2onc(-c3cccc(C)c3)c2-c2ccncn2)c1. The quantitative estimate of drug-likeness (QED) is 0.466. The largest absolute Gasteiger partial charge is 0.497 e. The van der Waals surface area contributed by atoms with E-state index in [1.165, 1.54) is 6.33 Å². The number of nitrogens with zero attached hydrogens (tertiary/aromatic N) is 3. The molecule has 8 nitrogen and oxygen atoms in total. The van der Waals surface area contributed by atoms with Crippen molar-refractivity contribution in [2.75, 3.05) is 19.5 Å². The number of benzene rings is 2. The number of carbonyl (C=O) groups is 1. The minimum Gasteiger partial charge on any atom is -0.497 e. The number of hydrogen-bond acceptors (Lipinski definition) is 7. The molecule has 4 aromatic rings. The lowest BCUT2D eigenvalue weighted by Gasteiger charge is -2.10. The smallest absolute Gasteiger partial charge is 0.241 e. The van der Waals surface area contributed by atoms with Crippen LogP contribution in [0.1, 0.15) is 11.1 Å². The van der Waals surface area contributed by atoms with E-state index in [4.69, 9.17) is 14.0 Å². The van der Waals surface area contributed by atoms with Crippen molar-refractivity contribution in [1.82, 2.24) is 15.1 Å². The summed E-state index contributed by atoms with van der Waals surface area (Å²) in [5.41, 5.74) is 4.39. The number of aryl methyl sites for hydroxylation is 1. The number of hydrogen-bond donors (Lipinski definition) is 1. The molecule has 0 spiro atoms. The van der Waals surface area contributed by atoms with Gasteiger partial charge in [-0.1, -0.05) is 28.9 Å². The highest BCUT2D eigenvalue weighted by atomic mass is 16.5. The Morgan fingerprint density at radius 2 is 1.97 bits per heavy atom. The lowest BCUT2D eigenvalue weighted by Crippen LogP contribution is -2.15. The second kappa shape index (κ2) is 9.30. The summed E-state index contributed by atoms with van der Waals surface area (Å²) in [6.45, 7) is 2.00. The van der Waals surface area contributed by atoms with Crippen LogP contribution in [0.5, 0.6) is 11.5 Å². The van der Waals surface area contributed by atoms with Gasteiger partial charge >= 0.3 is 0 Å². The molecule has 0 fully saturated rings. The first-order valence-electron chi connectivity index (χ1n) is 9.93. The van der Waals surface area contributed by atoms with Crippen LogP contribution in [0.25, 0.3) is 22.5 Å². The Hall–Kier alpha value is -4.20. The van der Waals surface area contributed by atoms with Crippen molar-refractivity contribution in [3.8, 4) is 34.0 Å². The van der Waals surface area contributed by atoms with Gasteiger partial charge in [-0.05, 0) is 37.3 Å². The van der Waals surface area contributed by atoms with Gasteiger partial charge in [-0.15, -0.1) is 0 Å². The maximum Gasteiger partial charge on any atom is 0.241 e. The van der Waals surface area contributed by atoms with Crippen LogP contribution in [0.3, 0.4) is 0 Å². The fraction of sp³-hybridized carbons (Fsp3) is 0.167. The minimum absolute atomic E-state index is 0.0596. The van der Waals surface area contributed by atoms with Gasteiger partial charge in [-0.3, -0.25) is 10.1 Å². The molecule has 2 heterocycles. The molecule has 0 aliphatic heterocycles. The van der Waals surface area contributed by atoms with E-state index in [0.29, 0.717) is 34.0 Å². The molecular formula is C24H22N4O4. The molecule has 2 aromatic carbocycles. The van der Waals surface area contributed by atoms with Crippen LogP contribution in [-0.2, 0) is 11.2 Å². The standard InChI is InChI=1S/C24H22N4O4/c1-15-5-4-6-16(11-15)23-22(19-9-10-25-14-26-19)24(32-28-23)27-21(29)13-17-12-18(30-2)7-8-20(17)31-3/h4-12,14H,13H2,1-3H3,(H,27,29). The van der Waals surface area contributed by atoms with E-state index in [1.54, 1.807) is 44.7 Å². The van der Waals surface area contributed by atoms with Gasteiger partial charge in [-0.2, -0.15) is 0 Å². The molecule has 8 heteroatoms. The lowest BCUT2D eigenvalue weighted by atomic mass is 10.0. The van der Waals surface area contributed by atoms with Crippen molar-refractivity contribution < 1.29 is 18.8 Å². The van der Waals surface area contributed by atoms with Gasteiger partial charge in [0.1, 0.15) is 23.5 Å². The first-order chi connectivity index (χ1) is 15.6. The van der Waals surface area contributed by atoms with E-state index in [0.717, 1.165) is 11.1 Å². The molecule has 32 heavy (non-hydrogen) atoms. The molecule has 162 valence electrons. The second-order valence-electron chi connectivity index (χ2n) is 7.10. The Morgan fingerprint density at radius 1 is 1.09 bits per heavy atom. The van der Waals surface area contributed by atoms with Crippen LogP contribution >= 0.6 is 0 Å². The monoisotopic (exact) mass is 430 g/mol. The van der Waals surface area contributed by atoms with Crippen molar-refractivity contribution in [3.63, 3.8) is 0 Å². The number of amides is 1. The molecule has 0 bridgehead atoms. The lowest BCUT2D eigenvalue weighted by molar-refractivity contribution is -0.115. The summed E-state index contributed by atoms with van der Waals surface area (Å²) in [5.74, 6) is 1.15. The van der Waals surface area contributed by atoms with Crippen molar-refractivity contribution >= 4 is 11.8 Å². The predicted molar refractivity (Wildman–Crippen MR) is 120 cm³/mol. The van der Waals surface area contributed by atoms with E-state index in [2.05, 4.69) is 20.4 Å². The zero-order valence-corrected chi connectivity index (χ0v) is 18.0. The topological polar surface area (TPSA) is 99.4 Å². The second-order valence-corrected chi connectivity index (χ2v) is 7.10. The van der Waals surface area contributed by atoms with E-state index in [9.17, 15) is 4.79 Å². The van der Waals surface area contributed by atoms with E-state index in [-0.39, 0.29) is 18.2 Å². The molecule has 2 aromatic heterocycles. The fourth-order valence-corrected chi connectivity index (χ4v) is 3.40. The van der Waals surface area contributed by atoms with E-state index in [1.807, 2.05) is 31.2 Å². The van der Waals surface area contributed by atoms with Gasteiger partial charge in [0, 0.05) is 17.3 Å². The van der Waals surface area contributed by atoms with Crippen LogP contribution in [0.2, 0.25) is 0 Å². The highest BCUT2D eigenvalue weighted by molar-refractivity contribution is 5.97. The van der Waals surface area contributed by atoms with Crippen LogP contribution in [0.4, 0.5) is 5.88 Å². The number of nitrogens with one attached hydrogen (secondary N) is 1. The van der Waals surface area contributed by atoms with Crippen LogP contribution < -0.4 is 14.8 Å². The third-order valence-electron chi connectivity index (χ3n) is 4.91. The predicted octanol–water partition coefficient (Wildman–Crippen LogP) is 4.31. The summed E-state index contributed by atoms with van der Waals surface area (Å²) in [5, 5.41) is 7.06. The average molecular weight is 430 g/mol. The highest BCUT2D eigenvalue weighted by Crippen LogP contribution is 2.37. The normalized spacial score (nSPS) is 10.6. The van der Waals surface area contributed by atoms with Crippen LogP contribution in [0, 0.1) is 6.92 Å². The maximum atomic E-state index is 12.9. The Kier molecular flexibility index (Phi) is 6.12. The first-order valence-corrected chi connectivity index (χ1v) is 9.93. The van der Waals surface area contributed by atoms with Crippen LogP contribution in [0.15, 0.2) is 65.6 Å². The summed E-state index contributed by atoms with van der Waals surface area (Å²) < 4.78 is 16.2. The number of methoxy groups -OCH3 is 2. The summed E-state index contributed by atoms with van der Waals surface area (Å²) in [4.78, 5) is 21.2. The van der Waals surface area contributed by atoms with Crippen molar-refractivity contribution in [1.29, 1.82) is 0 Å². The van der Waals surface area contributed by atoms with Gasteiger partial charge in [0.2, 0.25) is 11.8 Å². The molecule has 0 radical (unpaired) electrons. The highest BCUT2D eigenvalue weighted by Gasteiger charge is 2.23. The fourth-order valence-electron chi connectivity index (χ4n) is 3.40. The summed E-state index contributed by atoms with van der Waals surface area (Å²) in [6.07, 6.45) is 3.13. The average Bonchev–Trinajstić information content (AvgIpc) is 3.22. The van der Waals surface area contributed by atoms with Crippen LogP contribution in [-0.4, -0.2) is 35.3 Å². The molecular weight excluding hydrogens is 408 g/mol. The van der Waals surface area contributed by atoms with Gasteiger partial charge in [-0.25, -0.2) is 9.97 Å². The molecule has 4 rings (SSSR count). The Balaban J connectivity index is 1.68. The van der Waals surface area contributed by atoms with Crippen molar-refractivity contribution in [2.45, 2.75) is 13.3 Å². The molecule has 0 saturated heterocycles. The van der Waals surface area contributed by atoms with Gasteiger partial charge < -0.3 is 14.0 Å². The third kappa shape index (κ3) is 4.44. The Bertz CT molecular complexity index is 1240. The Morgan fingerprint density at radius 3 is 2.69 bits per heavy atom. The zero-order valence-electron chi connectivity index (χ0n) is 18.0. The number of ether oxygens (including phenoxy) is 2. The summed E-state index contributed by atoms with van der Waals surface area (Å²) >= 11 is 0. The van der Waals surface area contributed by atoms with Crippen molar-refractivity contribution in [3.05, 3.63) is 72.2 Å². The molecule has 0 aliphatic rings. The molecule has 1 N–H and O–H groups in total. The van der Waals surface area contributed by atoms with E-state index >= 15 is 0 Å². The van der Waals surface area contributed by atoms with Gasteiger partial charge in [0.25, 0.3) is 0 Å². The maximum absolute atomic E-state index is 12.9. The third-order valence-corrected chi connectivity index (χ3v) is 4.91. The molecule has 0 saturated carbocycles. The number of aromatic nitrogens is 3. The zero-order chi connectivity index (χ0) is 22.5. The number of rotatable bonds is 7. The summed E-state index contributed by atoms with van der Waals surface area (Å²) in [7, 11) is 3.13. The first kappa shape index (κ1) is 21.0.